The average Bonchev–Trinajstić information content (AvgIpc) is 2.73. The summed E-state index contributed by atoms with van der Waals surface area (Å²) >= 11 is 0. The molecule has 0 saturated carbocycles. The van der Waals surface area contributed by atoms with Gasteiger partial charge in [-0.25, -0.2) is 0 Å². The Morgan fingerprint density at radius 3 is 3.00 bits per heavy atom. The quantitative estimate of drug-likeness (QED) is 0.771. The molecule has 1 atom stereocenters. The molecule has 2 rings (SSSR count). The minimum Gasteiger partial charge on any atom is -0.496 e. The SMILES string of the molecule is COCCNC1CCc2c(OC)cccc21. The van der Waals surface area contributed by atoms with Crippen LogP contribution in [0.2, 0.25) is 0 Å². The fourth-order valence-corrected chi connectivity index (χ4v) is 2.36. The van der Waals surface area contributed by atoms with Crippen LogP contribution in [-0.4, -0.2) is 27.4 Å². The lowest BCUT2D eigenvalue weighted by atomic mass is 10.1. The molecule has 1 aromatic rings. The van der Waals surface area contributed by atoms with E-state index in [1.54, 1.807) is 14.2 Å². The molecule has 88 valence electrons. The van der Waals surface area contributed by atoms with E-state index in [1.807, 2.05) is 6.07 Å². The van der Waals surface area contributed by atoms with Crippen LogP contribution in [0.25, 0.3) is 0 Å². The molecule has 1 aliphatic rings. The number of methoxy groups -OCH3 is 2. The van der Waals surface area contributed by atoms with Gasteiger partial charge in [-0.1, -0.05) is 12.1 Å². The van der Waals surface area contributed by atoms with Gasteiger partial charge in [-0.2, -0.15) is 0 Å². The minimum absolute atomic E-state index is 0.459. The summed E-state index contributed by atoms with van der Waals surface area (Å²) in [5.41, 5.74) is 2.75. The minimum atomic E-state index is 0.459. The molecule has 0 heterocycles. The Morgan fingerprint density at radius 1 is 1.38 bits per heavy atom. The van der Waals surface area contributed by atoms with Crippen LogP contribution in [0.1, 0.15) is 23.6 Å². The predicted molar refractivity (Wildman–Crippen MR) is 63.9 cm³/mol. The maximum absolute atomic E-state index is 5.38. The number of hydrogen-bond donors (Lipinski definition) is 1. The molecular formula is C13H19NO2. The largest absolute Gasteiger partial charge is 0.496 e. The topological polar surface area (TPSA) is 30.5 Å². The monoisotopic (exact) mass is 221 g/mol. The Hall–Kier alpha value is -1.06. The Morgan fingerprint density at radius 2 is 2.25 bits per heavy atom. The van der Waals surface area contributed by atoms with Crippen LogP contribution in [0.4, 0.5) is 0 Å². The second-order valence-corrected chi connectivity index (χ2v) is 4.07. The van der Waals surface area contributed by atoms with E-state index in [9.17, 15) is 0 Å². The number of fused-ring (bicyclic) bond motifs is 1. The van der Waals surface area contributed by atoms with E-state index >= 15 is 0 Å². The van der Waals surface area contributed by atoms with E-state index in [4.69, 9.17) is 9.47 Å². The summed E-state index contributed by atoms with van der Waals surface area (Å²) in [6.07, 6.45) is 2.25. The highest BCUT2D eigenvalue weighted by Gasteiger charge is 2.24. The Balaban J connectivity index is 2.08. The molecule has 0 radical (unpaired) electrons. The van der Waals surface area contributed by atoms with Crippen molar-refractivity contribution in [2.75, 3.05) is 27.4 Å². The zero-order chi connectivity index (χ0) is 11.4. The summed E-state index contributed by atoms with van der Waals surface area (Å²) in [7, 11) is 3.47. The van der Waals surface area contributed by atoms with Gasteiger partial charge >= 0.3 is 0 Å². The molecule has 3 nitrogen and oxygen atoms in total. The number of rotatable bonds is 5. The third kappa shape index (κ3) is 2.20. The molecule has 0 fully saturated rings. The van der Waals surface area contributed by atoms with Crippen molar-refractivity contribution in [3.63, 3.8) is 0 Å². The molecule has 0 aliphatic heterocycles. The lowest BCUT2D eigenvalue weighted by Crippen LogP contribution is -2.23. The van der Waals surface area contributed by atoms with Crippen molar-refractivity contribution in [1.82, 2.24) is 5.32 Å². The Labute approximate surface area is 96.8 Å². The predicted octanol–water partition coefficient (Wildman–Crippen LogP) is 1.92. The van der Waals surface area contributed by atoms with Crippen LogP contribution in [0.5, 0.6) is 5.75 Å². The van der Waals surface area contributed by atoms with Crippen molar-refractivity contribution in [1.29, 1.82) is 0 Å². The zero-order valence-corrected chi connectivity index (χ0v) is 9.95. The molecule has 0 saturated heterocycles. The highest BCUT2D eigenvalue weighted by atomic mass is 16.5. The first-order valence-corrected chi connectivity index (χ1v) is 5.75. The van der Waals surface area contributed by atoms with Crippen molar-refractivity contribution < 1.29 is 9.47 Å². The normalized spacial score (nSPS) is 18.5. The summed E-state index contributed by atoms with van der Waals surface area (Å²) in [4.78, 5) is 0. The van der Waals surface area contributed by atoms with E-state index < -0.39 is 0 Å². The summed E-state index contributed by atoms with van der Waals surface area (Å²) in [5, 5.41) is 3.51. The van der Waals surface area contributed by atoms with Gasteiger partial charge in [-0.15, -0.1) is 0 Å². The third-order valence-electron chi connectivity index (χ3n) is 3.14. The first kappa shape index (κ1) is 11.4. The van der Waals surface area contributed by atoms with E-state index in [0.717, 1.165) is 31.7 Å². The Bertz CT molecular complexity index is 352. The van der Waals surface area contributed by atoms with Crippen molar-refractivity contribution >= 4 is 0 Å². The zero-order valence-electron chi connectivity index (χ0n) is 9.95. The van der Waals surface area contributed by atoms with Crippen LogP contribution < -0.4 is 10.1 Å². The van der Waals surface area contributed by atoms with E-state index in [1.165, 1.54) is 11.1 Å². The number of benzene rings is 1. The van der Waals surface area contributed by atoms with Gasteiger partial charge in [0, 0.05) is 19.7 Å². The van der Waals surface area contributed by atoms with Gasteiger partial charge in [-0.05, 0) is 30.0 Å². The van der Waals surface area contributed by atoms with Gasteiger partial charge in [0.1, 0.15) is 5.75 Å². The smallest absolute Gasteiger partial charge is 0.122 e. The number of hydrogen-bond acceptors (Lipinski definition) is 3. The molecule has 0 spiro atoms. The molecule has 1 aromatic carbocycles. The maximum Gasteiger partial charge on any atom is 0.122 e. The molecule has 1 N–H and O–H groups in total. The van der Waals surface area contributed by atoms with Crippen molar-refractivity contribution in [2.45, 2.75) is 18.9 Å². The molecule has 0 aromatic heterocycles. The van der Waals surface area contributed by atoms with Crippen molar-refractivity contribution in [2.24, 2.45) is 0 Å². The molecule has 3 heteroatoms. The lowest BCUT2D eigenvalue weighted by molar-refractivity contribution is 0.195. The number of nitrogens with one attached hydrogen (secondary N) is 1. The Kier molecular flexibility index (Phi) is 3.80. The number of ether oxygens (including phenoxy) is 2. The second-order valence-electron chi connectivity index (χ2n) is 4.07. The summed E-state index contributed by atoms with van der Waals surface area (Å²) < 4.78 is 10.4. The fraction of sp³-hybridized carbons (Fsp3) is 0.538. The lowest BCUT2D eigenvalue weighted by Gasteiger charge is -2.14. The van der Waals surface area contributed by atoms with Gasteiger partial charge in [0.25, 0.3) is 0 Å². The van der Waals surface area contributed by atoms with Gasteiger partial charge in [0.05, 0.1) is 13.7 Å². The van der Waals surface area contributed by atoms with Crippen LogP contribution in [-0.2, 0) is 11.2 Å². The third-order valence-corrected chi connectivity index (χ3v) is 3.14. The standard InChI is InChI=1S/C13H19NO2/c1-15-9-8-14-12-7-6-11-10(12)4-3-5-13(11)16-2/h3-5,12,14H,6-9H2,1-2H3. The first-order chi connectivity index (χ1) is 7.86. The van der Waals surface area contributed by atoms with Crippen molar-refractivity contribution in [3.8, 4) is 5.75 Å². The second kappa shape index (κ2) is 5.32. The molecule has 0 amide bonds. The van der Waals surface area contributed by atoms with E-state index in [2.05, 4.69) is 17.4 Å². The van der Waals surface area contributed by atoms with Crippen molar-refractivity contribution in [3.05, 3.63) is 29.3 Å². The molecule has 1 unspecified atom stereocenters. The van der Waals surface area contributed by atoms with Gasteiger partial charge < -0.3 is 14.8 Å². The van der Waals surface area contributed by atoms with Gasteiger partial charge in [0.2, 0.25) is 0 Å². The van der Waals surface area contributed by atoms with Crippen LogP contribution >= 0.6 is 0 Å². The van der Waals surface area contributed by atoms with E-state index in [0.29, 0.717) is 6.04 Å². The highest BCUT2D eigenvalue weighted by molar-refractivity contribution is 5.45. The van der Waals surface area contributed by atoms with Crippen LogP contribution in [0.15, 0.2) is 18.2 Å². The maximum atomic E-state index is 5.38. The van der Waals surface area contributed by atoms with Crippen LogP contribution in [0.3, 0.4) is 0 Å². The van der Waals surface area contributed by atoms with Gasteiger partial charge in [0.15, 0.2) is 0 Å². The summed E-state index contributed by atoms with van der Waals surface area (Å²) in [6, 6.07) is 6.75. The summed E-state index contributed by atoms with van der Waals surface area (Å²) in [6.45, 7) is 1.66. The first-order valence-electron chi connectivity index (χ1n) is 5.75. The average molecular weight is 221 g/mol. The molecule has 1 aliphatic carbocycles. The summed E-state index contributed by atoms with van der Waals surface area (Å²) in [5.74, 6) is 1.02. The molecule has 0 bridgehead atoms. The van der Waals surface area contributed by atoms with Crippen LogP contribution in [0, 0.1) is 0 Å². The highest BCUT2D eigenvalue weighted by Crippen LogP contribution is 2.36. The molecule has 16 heavy (non-hydrogen) atoms. The van der Waals surface area contributed by atoms with Gasteiger partial charge in [-0.3, -0.25) is 0 Å². The van der Waals surface area contributed by atoms with E-state index in [-0.39, 0.29) is 0 Å². The fourth-order valence-electron chi connectivity index (χ4n) is 2.36. The molecular weight excluding hydrogens is 202 g/mol.